The number of methoxy groups -OCH3 is 1. The van der Waals surface area contributed by atoms with Crippen LogP contribution >= 0.6 is 0 Å². The van der Waals surface area contributed by atoms with E-state index in [1.165, 1.54) is 30.4 Å². The van der Waals surface area contributed by atoms with E-state index in [1.54, 1.807) is 7.11 Å². The van der Waals surface area contributed by atoms with E-state index in [9.17, 15) is 5.11 Å². The molecular weight excluding hydrogens is 214 g/mol. The molecule has 2 atom stereocenters. The Labute approximate surface area is 102 Å². The molecule has 1 aliphatic heterocycles. The Morgan fingerprint density at radius 3 is 3.06 bits per heavy atom. The number of hydrogen-bond acceptors (Lipinski definition) is 3. The smallest absolute Gasteiger partial charge is 0.160 e. The average Bonchev–Trinajstić information content (AvgIpc) is 2.38. The van der Waals surface area contributed by atoms with Gasteiger partial charge in [0.1, 0.15) is 0 Å². The highest BCUT2D eigenvalue weighted by molar-refractivity contribution is 5.49. The van der Waals surface area contributed by atoms with Crippen molar-refractivity contribution in [3.05, 3.63) is 23.3 Å². The number of hydrogen-bond donors (Lipinski definition) is 2. The van der Waals surface area contributed by atoms with Crippen molar-refractivity contribution in [1.82, 2.24) is 5.32 Å². The first-order chi connectivity index (χ1) is 8.29. The zero-order chi connectivity index (χ0) is 11.8. The second-order valence-corrected chi connectivity index (χ2v) is 5.07. The summed E-state index contributed by atoms with van der Waals surface area (Å²) in [5, 5.41) is 13.5. The van der Waals surface area contributed by atoms with Crippen LogP contribution in [-0.4, -0.2) is 24.8 Å². The van der Waals surface area contributed by atoms with E-state index in [4.69, 9.17) is 4.74 Å². The maximum absolute atomic E-state index is 9.91. The van der Waals surface area contributed by atoms with Gasteiger partial charge in [-0.2, -0.15) is 0 Å². The van der Waals surface area contributed by atoms with E-state index >= 15 is 0 Å². The predicted molar refractivity (Wildman–Crippen MR) is 66.7 cm³/mol. The first kappa shape index (κ1) is 10.9. The van der Waals surface area contributed by atoms with Crippen molar-refractivity contribution < 1.29 is 9.84 Å². The van der Waals surface area contributed by atoms with E-state index in [2.05, 4.69) is 5.32 Å². The molecule has 1 fully saturated rings. The largest absolute Gasteiger partial charge is 0.504 e. The van der Waals surface area contributed by atoms with Crippen molar-refractivity contribution >= 4 is 0 Å². The predicted octanol–water partition coefficient (Wildman–Crippen LogP) is 2.18. The van der Waals surface area contributed by atoms with Crippen molar-refractivity contribution in [2.45, 2.75) is 37.6 Å². The van der Waals surface area contributed by atoms with Gasteiger partial charge in [-0.25, -0.2) is 0 Å². The van der Waals surface area contributed by atoms with Crippen LogP contribution in [0.3, 0.4) is 0 Å². The minimum absolute atomic E-state index is 0.275. The summed E-state index contributed by atoms with van der Waals surface area (Å²) in [7, 11) is 1.61. The van der Waals surface area contributed by atoms with Gasteiger partial charge in [0.2, 0.25) is 0 Å². The summed E-state index contributed by atoms with van der Waals surface area (Å²) in [5.74, 6) is 1.45. The molecule has 1 saturated heterocycles. The van der Waals surface area contributed by atoms with Crippen LogP contribution in [0.25, 0.3) is 0 Å². The molecule has 1 aliphatic carbocycles. The lowest BCUT2D eigenvalue weighted by Crippen LogP contribution is -2.42. The molecule has 1 aromatic carbocycles. The number of fused-ring (bicyclic) bond motifs is 3. The molecule has 1 aromatic rings. The molecule has 0 aromatic heterocycles. The summed E-state index contributed by atoms with van der Waals surface area (Å²) in [6.07, 6.45) is 4.75. The van der Waals surface area contributed by atoms with Crippen LogP contribution in [0.4, 0.5) is 0 Å². The van der Waals surface area contributed by atoms with Gasteiger partial charge in [0.15, 0.2) is 11.5 Å². The minimum Gasteiger partial charge on any atom is -0.504 e. The van der Waals surface area contributed by atoms with Crippen LogP contribution < -0.4 is 10.1 Å². The highest BCUT2D eigenvalue weighted by atomic mass is 16.5. The fraction of sp³-hybridized carbons (Fsp3) is 0.571. The summed E-state index contributed by atoms with van der Waals surface area (Å²) < 4.78 is 5.18. The standard InChI is InChI=1S/C14H19NO2/c1-17-14-7-9-4-5-12-10(3-2-6-15-12)11(9)8-13(14)16/h7-8,10,12,15-16H,2-6H2,1H3/t10-,12-/m0/s1. The molecule has 92 valence electrons. The SMILES string of the molecule is COc1cc2c(cc1O)[C@@H]1CCCN[C@H]1CC2. The fourth-order valence-corrected chi connectivity index (χ4v) is 3.29. The van der Waals surface area contributed by atoms with Gasteiger partial charge >= 0.3 is 0 Å². The van der Waals surface area contributed by atoms with E-state index < -0.39 is 0 Å². The number of benzene rings is 1. The lowest BCUT2D eigenvalue weighted by atomic mass is 9.75. The summed E-state index contributed by atoms with van der Waals surface area (Å²) in [6.45, 7) is 1.14. The number of ether oxygens (including phenoxy) is 1. The summed E-state index contributed by atoms with van der Waals surface area (Å²) in [6, 6.07) is 4.53. The molecule has 3 heteroatoms. The molecule has 0 bridgehead atoms. The molecule has 0 amide bonds. The Morgan fingerprint density at radius 2 is 2.24 bits per heavy atom. The molecule has 2 aliphatic rings. The molecule has 0 spiro atoms. The molecule has 0 saturated carbocycles. The van der Waals surface area contributed by atoms with Crippen LogP contribution in [0.5, 0.6) is 11.5 Å². The molecule has 2 N–H and O–H groups in total. The second-order valence-electron chi connectivity index (χ2n) is 5.07. The van der Waals surface area contributed by atoms with Crippen molar-refractivity contribution in [2.24, 2.45) is 0 Å². The van der Waals surface area contributed by atoms with E-state index in [1.807, 2.05) is 12.1 Å². The van der Waals surface area contributed by atoms with Crippen LogP contribution in [0.2, 0.25) is 0 Å². The van der Waals surface area contributed by atoms with Crippen LogP contribution in [-0.2, 0) is 6.42 Å². The molecular formula is C14H19NO2. The molecule has 17 heavy (non-hydrogen) atoms. The topological polar surface area (TPSA) is 41.5 Å². The molecule has 3 rings (SSSR count). The normalized spacial score (nSPS) is 27.1. The monoisotopic (exact) mass is 233 g/mol. The fourth-order valence-electron chi connectivity index (χ4n) is 3.29. The second kappa shape index (κ2) is 4.22. The quantitative estimate of drug-likeness (QED) is 0.781. The highest BCUT2D eigenvalue weighted by Gasteiger charge is 2.32. The third-order valence-corrected chi connectivity index (χ3v) is 4.15. The number of nitrogens with one attached hydrogen (secondary N) is 1. The van der Waals surface area contributed by atoms with Crippen LogP contribution in [0.1, 0.15) is 36.3 Å². The van der Waals surface area contributed by atoms with Crippen molar-refractivity contribution in [2.75, 3.05) is 13.7 Å². The van der Waals surface area contributed by atoms with E-state index in [0.717, 1.165) is 13.0 Å². The number of rotatable bonds is 1. The molecule has 0 radical (unpaired) electrons. The lowest BCUT2D eigenvalue weighted by Gasteiger charge is -2.38. The summed E-state index contributed by atoms with van der Waals surface area (Å²) >= 11 is 0. The summed E-state index contributed by atoms with van der Waals surface area (Å²) in [4.78, 5) is 0. The van der Waals surface area contributed by atoms with Gasteiger partial charge in [-0.3, -0.25) is 0 Å². The zero-order valence-electron chi connectivity index (χ0n) is 10.2. The molecule has 0 unspecified atom stereocenters. The van der Waals surface area contributed by atoms with Gasteiger partial charge in [-0.1, -0.05) is 0 Å². The number of aromatic hydroxyl groups is 1. The van der Waals surface area contributed by atoms with Crippen molar-refractivity contribution in [3.8, 4) is 11.5 Å². The number of phenols is 1. The maximum atomic E-state index is 9.91. The zero-order valence-corrected chi connectivity index (χ0v) is 10.2. The molecule has 1 heterocycles. The minimum atomic E-state index is 0.275. The first-order valence-corrected chi connectivity index (χ1v) is 6.42. The lowest BCUT2D eigenvalue weighted by molar-refractivity contribution is 0.315. The first-order valence-electron chi connectivity index (χ1n) is 6.42. The van der Waals surface area contributed by atoms with Gasteiger partial charge in [0.05, 0.1) is 7.11 Å². The number of piperidine rings is 1. The maximum Gasteiger partial charge on any atom is 0.160 e. The van der Waals surface area contributed by atoms with Gasteiger partial charge in [0, 0.05) is 6.04 Å². The van der Waals surface area contributed by atoms with E-state index in [0.29, 0.717) is 17.7 Å². The molecule has 3 nitrogen and oxygen atoms in total. The Hall–Kier alpha value is -1.22. The van der Waals surface area contributed by atoms with Gasteiger partial charge < -0.3 is 15.2 Å². The van der Waals surface area contributed by atoms with Gasteiger partial charge in [-0.15, -0.1) is 0 Å². The Bertz CT molecular complexity index is 430. The van der Waals surface area contributed by atoms with Crippen LogP contribution in [0.15, 0.2) is 12.1 Å². The van der Waals surface area contributed by atoms with E-state index in [-0.39, 0.29) is 5.75 Å². The Kier molecular flexibility index (Phi) is 2.71. The summed E-state index contributed by atoms with van der Waals surface area (Å²) in [5.41, 5.74) is 2.68. The number of phenolic OH excluding ortho intramolecular Hbond substituents is 1. The van der Waals surface area contributed by atoms with Crippen molar-refractivity contribution in [3.63, 3.8) is 0 Å². The van der Waals surface area contributed by atoms with Crippen molar-refractivity contribution in [1.29, 1.82) is 0 Å². The average molecular weight is 233 g/mol. The Balaban J connectivity index is 2.01. The highest BCUT2D eigenvalue weighted by Crippen LogP contribution is 2.41. The third-order valence-electron chi connectivity index (χ3n) is 4.15. The van der Waals surface area contributed by atoms with Gasteiger partial charge in [0.25, 0.3) is 0 Å². The number of aryl methyl sites for hydroxylation is 1. The third kappa shape index (κ3) is 1.78. The Morgan fingerprint density at radius 1 is 1.35 bits per heavy atom. The van der Waals surface area contributed by atoms with Crippen LogP contribution in [0, 0.1) is 0 Å². The van der Waals surface area contributed by atoms with Gasteiger partial charge in [-0.05, 0) is 61.4 Å².